The van der Waals surface area contributed by atoms with E-state index in [1.165, 1.54) is 5.56 Å². The van der Waals surface area contributed by atoms with Crippen molar-refractivity contribution < 1.29 is 13.2 Å². The summed E-state index contributed by atoms with van der Waals surface area (Å²) >= 11 is 0.676. The molecule has 1 aromatic carbocycles. The number of aromatic nitrogens is 1. The summed E-state index contributed by atoms with van der Waals surface area (Å²) in [5, 5.41) is 3.50. The number of thiazole rings is 1. The smallest absolute Gasteiger partial charge is 0.359 e. The zero-order valence-electron chi connectivity index (χ0n) is 12.5. The van der Waals surface area contributed by atoms with Crippen LogP contribution in [0.15, 0.2) is 36.5 Å². The molecule has 23 heavy (non-hydrogen) atoms. The van der Waals surface area contributed by atoms with Crippen LogP contribution in [-0.4, -0.2) is 29.0 Å². The molecule has 1 aromatic heterocycles. The molecule has 7 heteroatoms. The van der Waals surface area contributed by atoms with E-state index >= 15 is 0 Å². The minimum Gasteiger partial charge on any atom is -0.359 e. The number of rotatable bonds is 4. The van der Waals surface area contributed by atoms with E-state index in [9.17, 15) is 13.2 Å². The van der Waals surface area contributed by atoms with Gasteiger partial charge in [0.05, 0.1) is 6.20 Å². The van der Waals surface area contributed by atoms with Crippen LogP contribution in [0.1, 0.15) is 23.3 Å². The van der Waals surface area contributed by atoms with Gasteiger partial charge in [0.1, 0.15) is 4.88 Å². The predicted octanol–water partition coefficient (Wildman–Crippen LogP) is 4.24. The number of alkyl halides is 3. The molecule has 2 aromatic rings. The van der Waals surface area contributed by atoms with E-state index in [2.05, 4.69) is 27.3 Å². The van der Waals surface area contributed by atoms with Gasteiger partial charge in [0, 0.05) is 25.7 Å². The largest absolute Gasteiger partial charge is 0.427 e. The van der Waals surface area contributed by atoms with Crippen molar-refractivity contribution in [1.82, 2.24) is 9.88 Å². The maximum Gasteiger partial charge on any atom is 0.427 e. The number of likely N-dealkylation sites (tertiary alicyclic amines) is 1. The van der Waals surface area contributed by atoms with Crippen molar-refractivity contribution in [2.45, 2.75) is 31.6 Å². The highest BCUT2D eigenvalue weighted by Crippen LogP contribution is 2.35. The highest BCUT2D eigenvalue weighted by molar-refractivity contribution is 7.15. The van der Waals surface area contributed by atoms with Crippen molar-refractivity contribution in [3.05, 3.63) is 47.0 Å². The van der Waals surface area contributed by atoms with Gasteiger partial charge in [0.25, 0.3) is 0 Å². The highest BCUT2D eigenvalue weighted by Gasteiger charge is 2.33. The Bertz CT molecular complexity index is 619. The number of nitrogens with one attached hydrogen (secondary N) is 1. The van der Waals surface area contributed by atoms with Gasteiger partial charge in [0.2, 0.25) is 0 Å². The van der Waals surface area contributed by atoms with E-state index in [1.54, 1.807) is 0 Å². The van der Waals surface area contributed by atoms with Crippen molar-refractivity contribution in [2.75, 3.05) is 18.4 Å². The van der Waals surface area contributed by atoms with Crippen molar-refractivity contribution in [1.29, 1.82) is 0 Å². The molecular weight excluding hydrogens is 323 g/mol. The number of piperidine rings is 1. The average molecular weight is 341 g/mol. The summed E-state index contributed by atoms with van der Waals surface area (Å²) < 4.78 is 37.7. The molecule has 0 atom stereocenters. The third-order valence-electron chi connectivity index (χ3n) is 3.95. The highest BCUT2D eigenvalue weighted by atomic mass is 32.1. The standard InChI is InChI=1S/C16H18F3N3S/c17-16(18,19)14-10-20-15(23-14)21-13-6-8-22(9-7-13)11-12-4-2-1-3-5-12/h1-5,10,13H,6-9,11H2,(H,20,21). The fourth-order valence-corrected chi connectivity index (χ4v) is 3.48. The number of nitrogens with zero attached hydrogens (tertiary/aromatic N) is 2. The topological polar surface area (TPSA) is 28.2 Å². The Kier molecular flexibility index (Phi) is 4.87. The molecule has 1 fully saturated rings. The average Bonchev–Trinajstić information content (AvgIpc) is 2.99. The van der Waals surface area contributed by atoms with E-state index in [0.717, 1.165) is 38.7 Å². The molecule has 124 valence electrons. The summed E-state index contributed by atoms with van der Waals surface area (Å²) in [6, 6.07) is 10.5. The Morgan fingerprint density at radius 2 is 1.87 bits per heavy atom. The summed E-state index contributed by atoms with van der Waals surface area (Å²) in [7, 11) is 0. The van der Waals surface area contributed by atoms with Crippen molar-refractivity contribution >= 4 is 16.5 Å². The van der Waals surface area contributed by atoms with E-state index in [1.807, 2.05) is 18.2 Å². The van der Waals surface area contributed by atoms with Crippen LogP contribution in [-0.2, 0) is 12.7 Å². The molecule has 2 heterocycles. The Balaban J connectivity index is 1.48. The van der Waals surface area contributed by atoms with Crippen LogP contribution in [0.4, 0.5) is 18.3 Å². The molecule has 0 saturated carbocycles. The predicted molar refractivity (Wildman–Crippen MR) is 85.5 cm³/mol. The summed E-state index contributed by atoms with van der Waals surface area (Å²) in [5.74, 6) is 0. The zero-order valence-corrected chi connectivity index (χ0v) is 13.3. The van der Waals surface area contributed by atoms with Crippen LogP contribution in [0.5, 0.6) is 0 Å². The molecule has 3 nitrogen and oxygen atoms in total. The summed E-state index contributed by atoms with van der Waals surface area (Å²) in [5.41, 5.74) is 1.29. The third kappa shape index (κ3) is 4.45. The van der Waals surface area contributed by atoms with Gasteiger partial charge in [-0.05, 0) is 18.4 Å². The molecular formula is C16H18F3N3S. The molecule has 0 spiro atoms. The summed E-state index contributed by atoms with van der Waals surface area (Å²) in [4.78, 5) is 5.56. The number of anilines is 1. The van der Waals surface area contributed by atoms with Gasteiger partial charge < -0.3 is 5.32 Å². The van der Waals surface area contributed by atoms with Crippen LogP contribution in [0.2, 0.25) is 0 Å². The van der Waals surface area contributed by atoms with Crippen LogP contribution in [0, 0.1) is 0 Å². The van der Waals surface area contributed by atoms with Gasteiger partial charge in [-0.2, -0.15) is 13.2 Å². The second-order valence-corrected chi connectivity index (χ2v) is 6.74. The van der Waals surface area contributed by atoms with E-state index in [0.29, 0.717) is 16.5 Å². The first-order valence-corrected chi connectivity index (χ1v) is 8.38. The molecule has 1 N–H and O–H groups in total. The molecule has 3 rings (SSSR count). The molecule has 0 amide bonds. The lowest BCUT2D eigenvalue weighted by molar-refractivity contribution is -0.134. The molecule has 0 aliphatic carbocycles. The first-order chi connectivity index (χ1) is 11.0. The number of hydrogen-bond acceptors (Lipinski definition) is 4. The lowest BCUT2D eigenvalue weighted by atomic mass is 10.0. The van der Waals surface area contributed by atoms with Gasteiger partial charge in [-0.25, -0.2) is 4.98 Å². The van der Waals surface area contributed by atoms with Crippen molar-refractivity contribution in [2.24, 2.45) is 0 Å². The molecule has 1 aliphatic heterocycles. The quantitative estimate of drug-likeness (QED) is 0.902. The first kappa shape index (κ1) is 16.3. The Morgan fingerprint density at radius 1 is 1.17 bits per heavy atom. The SMILES string of the molecule is FC(F)(F)c1cnc(NC2CCN(Cc3ccccc3)CC2)s1. The molecule has 1 saturated heterocycles. The van der Waals surface area contributed by atoms with Gasteiger partial charge in [-0.1, -0.05) is 41.7 Å². The minimum atomic E-state index is -4.31. The number of halogens is 3. The van der Waals surface area contributed by atoms with Gasteiger partial charge in [-0.3, -0.25) is 4.90 Å². The van der Waals surface area contributed by atoms with Crippen molar-refractivity contribution in [3.8, 4) is 0 Å². The third-order valence-corrected chi connectivity index (χ3v) is 4.92. The Morgan fingerprint density at radius 3 is 2.48 bits per heavy atom. The Hall–Kier alpha value is -1.60. The summed E-state index contributed by atoms with van der Waals surface area (Å²) in [6.07, 6.45) is -1.59. The first-order valence-electron chi connectivity index (χ1n) is 7.56. The Labute approximate surface area is 137 Å². The maximum atomic E-state index is 12.6. The maximum absolute atomic E-state index is 12.6. The van der Waals surface area contributed by atoms with E-state index in [4.69, 9.17) is 0 Å². The fourth-order valence-electron chi connectivity index (χ4n) is 2.72. The number of benzene rings is 1. The fraction of sp³-hybridized carbons (Fsp3) is 0.438. The second kappa shape index (κ2) is 6.88. The van der Waals surface area contributed by atoms with Gasteiger partial charge in [0.15, 0.2) is 5.13 Å². The van der Waals surface area contributed by atoms with Crippen LogP contribution >= 0.6 is 11.3 Å². The molecule has 1 aliphatic rings. The lowest BCUT2D eigenvalue weighted by Gasteiger charge is -2.32. The minimum absolute atomic E-state index is 0.189. The molecule has 0 radical (unpaired) electrons. The monoisotopic (exact) mass is 341 g/mol. The summed E-state index contributed by atoms with van der Waals surface area (Å²) in [6.45, 7) is 2.79. The van der Waals surface area contributed by atoms with Crippen LogP contribution in [0.3, 0.4) is 0 Å². The normalized spacial score (nSPS) is 17.3. The lowest BCUT2D eigenvalue weighted by Crippen LogP contribution is -2.38. The van der Waals surface area contributed by atoms with Gasteiger partial charge >= 0.3 is 6.18 Å². The molecule has 0 unspecified atom stereocenters. The van der Waals surface area contributed by atoms with Crippen LogP contribution in [0.25, 0.3) is 0 Å². The molecule has 0 bridgehead atoms. The number of hydrogen-bond donors (Lipinski definition) is 1. The van der Waals surface area contributed by atoms with Gasteiger partial charge in [-0.15, -0.1) is 0 Å². The zero-order chi connectivity index (χ0) is 16.3. The van der Waals surface area contributed by atoms with Crippen molar-refractivity contribution in [3.63, 3.8) is 0 Å². The van der Waals surface area contributed by atoms with Crippen LogP contribution < -0.4 is 5.32 Å². The van der Waals surface area contributed by atoms with E-state index in [-0.39, 0.29) is 6.04 Å². The van der Waals surface area contributed by atoms with E-state index < -0.39 is 11.1 Å². The second-order valence-electron chi connectivity index (χ2n) is 5.71.